The number of para-hydroxylation sites is 1. The van der Waals surface area contributed by atoms with E-state index in [1.807, 2.05) is 34.9 Å². The summed E-state index contributed by atoms with van der Waals surface area (Å²) < 4.78 is 8.15. The van der Waals surface area contributed by atoms with Crippen molar-refractivity contribution >= 4 is 39.5 Å². The lowest BCUT2D eigenvalue weighted by molar-refractivity contribution is -0.119. The number of hydrazine groups is 1. The predicted molar refractivity (Wildman–Crippen MR) is 120 cm³/mol. The quantitative estimate of drug-likeness (QED) is 0.310. The number of thioether (sulfide) groups is 1. The fraction of sp³-hybridized carbons (Fsp3) is 0.0476. The molecular formula is C21H16BrN5O3S. The Bertz CT molecular complexity index is 1180. The molecule has 0 aliphatic rings. The lowest BCUT2D eigenvalue weighted by Crippen LogP contribution is -2.42. The molecule has 2 N–H and O–H groups in total. The first-order valence-electron chi connectivity index (χ1n) is 9.14. The van der Waals surface area contributed by atoms with Gasteiger partial charge in [0.05, 0.1) is 12.0 Å². The Morgan fingerprint density at radius 3 is 2.45 bits per heavy atom. The molecule has 0 radical (unpaired) electrons. The van der Waals surface area contributed by atoms with E-state index in [4.69, 9.17) is 4.42 Å². The molecule has 156 valence electrons. The molecule has 2 aromatic carbocycles. The average Bonchev–Trinajstić information content (AvgIpc) is 3.47. The number of nitrogens with zero attached hydrogens (tertiary/aromatic N) is 3. The van der Waals surface area contributed by atoms with E-state index >= 15 is 0 Å². The summed E-state index contributed by atoms with van der Waals surface area (Å²) in [6.07, 6.45) is 1.56. The van der Waals surface area contributed by atoms with Crippen LogP contribution in [-0.4, -0.2) is 32.3 Å². The molecule has 0 aliphatic carbocycles. The smallest absolute Gasteiger partial charge is 0.269 e. The van der Waals surface area contributed by atoms with Crippen LogP contribution in [0, 0.1) is 0 Å². The van der Waals surface area contributed by atoms with Crippen LogP contribution >= 0.6 is 27.7 Å². The average molecular weight is 498 g/mol. The summed E-state index contributed by atoms with van der Waals surface area (Å²) in [5, 5.41) is 8.96. The molecule has 0 bridgehead atoms. The molecule has 0 saturated heterocycles. The third-order valence-electron chi connectivity index (χ3n) is 4.14. The van der Waals surface area contributed by atoms with Crippen LogP contribution in [0.4, 0.5) is 0 Å². The Balaban J connectivity index is 1.43. The van der Waals surface area contributed by atoms with Crippen LogP contribution in [0.25, 0.3) is 17.3 Å². The highest BCUT2D eigenvalue weighted by Crippen LogP contribution is 2.28. The topological polar surface area (TPSA) is 102 Å². The highest BCUT2D eigenvalue weighted by Gasteiger charge is 2.19. The number of aromatic nitrogens is 3. The maximum atomic E-state index is 12.3. The van der Waals surface area contributed by atoms with E-state index in [9.17, 15) is 9.59 Å². The minimum Gasteiger partial charge on any atom is -0.461 e. The van der Waals surface area contributed by atoms with Gasteiger partial charge in [0.1, 0.15) is 0 Å². The molecule has 10 heteroatoms. The molecule has 4 aromatic rings. The van der Waals surface area contributed by atoms with Gasteiger partial charge in [0.25, 0.3) is 5.91 Å². The number of carbonyl (C=O) groups excluding carboxylic acids is 2. The minimum absolute atomic E-state index is 0.0315. The maximum absolute atomic E-state index is 12.3. The van der Waals surface area contributed by atoms with Crippen molar-refractivity contribution in [2.24, 2.45) is 0 Å². The zero-order valence-corrected chi connectivity index (χ0v) is 18.4. The van der Waals surface area contributed by atoms with E-state index in [0.717, 1.165) is 10.2 Å². The van der Waals surface area contributed by atoms with Crippen molar-refractivity contribution in [3.63, 3.8) is 0 Å². The second-order valence-corrected chi connectivity index (χ2v) is 8.11. The Morgan fingerprint density at radius 1 is 0.968 bits per heavy atom. The summed E-state index contributed by atoms with van der Waals surface area (Å²) in [5.41, 5.74) is 6.09. The number of halogens is 1. The molecule has 0 atom stereocenters. The van der Waals surface area contributed by atoms with Crippen molar-refractivity contribution in [3.05, 3.63) is 83.0 Å². The monoisotopic (exact) mass is 497 g/mol. The summed E-state index contributed by atoms with van der Waals surface area (Å²) in [7, 11) is 0. The molecular weight excluding hydrogens is 482 g/mol. The first kappa shape index (κ1) is 20.9. The lowest BCUT2D eigenvalue weighted by atomic mass is 10.2. The Hall–Kier alpha value is -3.37. The van der Waals surface area contributed by atoms with Gasteiger partial charge in [-0.05, 0) is 48.5 Å². The van der Waals surface area contributed by atoms with Crippen LogP contribution in [0.3, 0.4) is 0 Å². The minimum atomic E-state index is -0.404. The third kappa shape index (κ3) is 5.04. The Kier molecular flexibility index (Phi) is 6.48. The van der Waals surface area contributed by atoms with Crippen LogP contribution in [-0.2, 0) is 4.79 Å². The molecule has 0 fully saturated rings. The zero-order valence-electron chi connectivity index (χ0n) is 16.0. The van der Waals surface area contributed by atoms with Gasteiger partial charge in [-0.25, -0.2) is 0 Å². The van der Waals surface area contributed by atoms with Gasteiger partial charge >= 0.3 is 0 Å². The molecule has 0 spiro atoms. The zero-order chi connectivity index (χ0) is 21.6. The van der Waals surface area contributed by atoms with E-state index in [1.54, 1.807) is 42.7 Å². The van der Waals surface area contributed by atoms with Crippen molar-refractivity contribution in [1.29, 1.82) is 0 Å². The number of furan rings is 1. The second kappa shape index (κ2) is 9.63. The number of nitrogens with one attached hydrogen (secondary N) is 2. The Morgan fingerprint density at radius 2 is 1.74 bits per heavy atom. The standard InChI is InChI=1S/C21H16BrN5O3S/c22-15-10-8-14(9-11-15)20(29)25-23-18(28)13-31-21-26-24-19(17-7-4-12-30-17)27(21)16-5-2-1-3-6-16/h1-12H,13H2,(H,23,28)(H,25,29). The van der Waals surface area contributed by atoms with Crippen molar-refractivity contribution in [2.75, 3.05) is 5.75 Å². The van der Waals surface area contributed by atoms with Gasteiger partial charge in [0, 0.05) is 15.7 Å². The van der Waals surface area contributed by atoms with Gasteiger partial charge in [-0.2, -0.15) is 0 Å². The first-order valence-corrected chi connectivity index (χ1v) is 10.9. The molecule has 2 aromatic heterocycles. The van der Waals surface area contributed by atoms with Gasteiger partial charge in [0.2, 0.25) is 11.7 Å². The maximum Gasteiger partial charge on any atom is 0.269 e. The summed E-state index contributed by atoms with van der Waals surface area (Å²) >= 11 is 4.51. The van der Waals surface area contributed by atoms with Crippen LogP contribution in [0.1, 0.15) is 10.4 Å². The molecule has 0 saturated carbocycles. The van der Waals surface area contributed by atoms with Gasteiger partial charge < -0.3 is 4.42 Å². The summed E-state index contributed by atoms with van der Waals surface area (Å²) in [6, 6.07) is 19.9. The van der Waals surface area contributed by atoms with Crippen LogP contribution < -0.4 is 10.9 Å². The van der Waals surface area contributed by atoms with Gasteiger partial charge in [-0.3, -0.25) is 25.0 Å². The van der Waals surface area contributed by atoms with Crippen molar-refractivity contribution in [3.8, 4) is 17.3 Å². The number of rotatable bonds is 6. The van der Waals surface area contributed by atoms with Gasteiger partial charge in [-0.15, -0.1) is 10.2 Å². The molecule has 4 rings (SSSR count). The highest BCUT2D eigenvalue weighted by atomic mass is 79.9. The van der Waals surface area contributed by atoms with Gasteiger partial charge in [0.15, 0.2) is 10.9 Å². The summed E-state index contributed by atoms with van der Waals surface area (Å²) in [4.78, 5) is 24.4. The van der Waals surface area contributed by atoms with Crippen LogP contribution in [0.5, 0.6) is 0 Å². The third-order valence-corrected chi connectivity index (χ3v) is 5.60. The van der Waals surface area contributed by atoms with Crippen molar-refractivity contribution in [1.82, 2.24) is 25.6 Å². The number of hydrogen-bond acceptors (Lipinski definition) is 6. The Labute approximate surface area is 190 Å². The molecule has 2 amide bonds. The van der Waals surface area contributed by atoms with Crippen molar-refractivity contribution in [2.45, 2.75) is 5.16 Å². The van der Waals surface area contributed by atoms with Gasteiger partial charge in [-0.1, -0.05) is 45.9 Å². The van der Waals surface area contributed by atoms with E-state index < -0.39 is 5.91 Å². The first-order chi connectivity index (χ1) is 15.1. The summed E-state index contributed by atoms with van der Waals surface area (Å²) in [6.45, 7) is 0. The summed E-state index contributed by atoms with van der Waals surface area (Å²) in [5.74, 6) is 0.345. The van der Waals surface area contributed by atoms with E-state index in [2.05, 4.69) is 37.0 Å². The van der Waals surface area contributed by atoms with Crippen LogP contribution in [0.15, 0.2) is 87.0 Å². The van der Waals surface area contributed by atoms with Crippen LogP contribution in [0.2, 0.25) is 0 Å². The number of amides is 2. The van der Waals surface area contributed by atoms with E-state index in [0.29, 0.717) is 22.3 Å². The number of benzene rings is 2. The molecule has 2 heterocycles. The molecule has 31 heavy (non-hydrogen) atoms. The second-order valence-electron chi connectivity index (χ2n) is 6.25. The normalized spacial score (nSPS) is 10.6. The van der Waals surface area contributed by atoms with E-state index in [1.165, 1.54) is 11.8 Å². The molecule has 0 aliphatic heterocycles. The number of carbonyl (C=O) groups is 2. The highest BCUT2D eigenvalue weighted by molar-refractivity contribution is 9.10. The van der Waals surface area contributed by atoms with E-state index in [-0.39, 0.29) is 11.7 Å². The lowest BCUT2D eigenvalue weighted by Gasteiger charge is -2.10. The SMILES string of the molecule is O=C(CSc1nnc(-c2ccco2)n1-c1ccccc1)NNC(=O)c1ccc(Br)cc1. The number of hydrogen-bond donors (Lipinski definition) is 2. The van der Waals surface area contributed by atoms with Crippen molar-refractivity contribution < 1.29 is 14.0 Å². The molecule has 0 unspecified atom stereocenters. The predicted octanol–water partition coefficient (Wildman–Crippen LogP) is 3.84. The fourth-order valence-corrected chi connectivity index (χ4v) is 3.72. The fourth-order valence-electron chi connectivity index (χ4n) is 2.70. The molecule has 8 nitrogen and oxygen atoms in total. The largest absolute Gasteiger partial charge is 0.461 e.